The van der Waals surface area contributed by atoms with E-state index in [1.807, 2.05) is 29.6 Å². The first-order valence-electron chi connectivity index (χ1n) is 6.90. The van der Waals surface area contributed by atoms with E-state index in [1.165, 1.54) is 17.5 Å². The lowest BCUT2D eigenvalue weighted by atomic mass is 10.2. The molecule has 1 aromatic carbocycles. The molecular formula is C16H10Cl3N3O2S. The van der Waals surface area contributed by atoms with E-state index in [0.717, 1.165) is 17.0 Å². The molecule has 0 aliphatic heterocycles. The molecule has 0 bridgehead atoms. The summed E-state index contributed by atoms with van der Waals surface area (Å²) in [5.74, 6) is 0.243. The molecule has 1 amide bonds. The van der Waals surface area contributed by atoms with Crippen LogP contribution in [0, 0.1) is 0 Å². The van der Waals surface area contributed by atoms with Crippen LogP contribution in [0.15, 0.2) is 35.8 Å². The molecule has 128 valence electrons. The normalized spacial score (nSPS) is 10.6. The zero-order valence-electron chi connectivity index (χ0n) is 12.7. The summed E-state index contributed by atoms with van der Waals surface area (Å²) < 4.78 is 5.13. The van der Waals surface area contributed by atoms with Crippen molar-refractivity contribution in [1.82, 2.24) is 9.97 Å². The van der Waals surface area contributed by atoms with E-state index >= 15 is 0 Å². The molecule has 0 saturated carbocycles. The number of anilines is 1. The fourth-order valence-corrected chi connectivity index (χ4v) is 3.26. The van der Waals surface area contributed by atoms with Crippen molar-refractivity contribution in [2.24, 2.45) is 0 Å². The molecule has 0 aliphatic rings. The second kappa shape index (κ2) is 7.58. The van der Waals surface area contributed by atoms with E-state index in [1.54, 1.807) is 7.11 Å². The Bertz CT molecular complexity index is 929. The number of carbonyl (C=O) groups is 1. The number of nitrogens with zero attached hydrogens (tertiary/aromatic N) is 2. The Morgan fingerprint density at radius 3 is 2.56 bits per heavy atom. The van der Waals surface area contributed by atoms with Gasteiger partial charge in [-0.2, -0.15) is 0 Å². The molecule has 2 aromatic heterocycles. The van der Waals surface area contributed by atoms with E-state index in [9.17, 15) is 4.79 Å². The Kier molecular flexibility index (Phi) is 5.44. The average Bonchev–Trinajstić information content (AvgIpc) is 3.08. The first-order valence-corrected chi connectivity index (χ1v) is 8.91. The highest BCUT2D eigenvalue weighted by Crippen LogP contribution is 2.32. The van der Waals surface area contributed by atoms with E-state index in [4.69, 9.17) is 39.5 Å². The number of nitrogens with one attached hydrogen (secondary N) is 1. The summed E-state index contributed by atoms with van der Waals surface area (Å²) in [5, 5.41) is 5.17. The summed E-state index contributed by atoms with van der Waals surface area (Å²) in [4.78, 5) is 20.6. The van der Waals surface area contributed by atoms with Gasteiger partial charge in [-0.15, -0.1) is 11.3 Å². The summed E-state index contributed by atoms with van der Waals surface area (Å²) >= 11 is 19.1. The maximum atomic E-state index is 12.3. The third-order valence-corrected chi connectivity index (χ3v) is 5.24. The molecule has 0 radical (unpaired) electrons. The molecule has 0 saturated heterocycles. The van der Waals surface area contributed by atoms with Gasteiger partial charge in [0.25, 0.3) is 5.91 Å². The maximum Gasteiger partial charge on any atom is 0.277 e. The standard InChI is InChI=1S/C16H10Cl3N3O2S/c1-24-9-4-2-8(3-5-9)11-7-25-16(21-11)22-15(23)14-13(19)12(18)10(17)6-20-14/h2-7H,1H3,(H,21,22,23). The van der Waals surface area contributed by atoms with Crippen LogP contribution in [-0.2, 0) is 0 Å². The van der Waals surface area contributed by atoms with Gasteiger partial charge in [0.2, 0.25) is 0 Å². The zero-order valence-corrected chi connectivity index (χ0v) is 15.8. The van der Waals surface area contributed by atoms with Gasteiger partial charge in [-0.1, -0.05) is 34.8 Å². The third kappa shape index (κ3) is 3.88. The van der Waals surface area contributed by atoms with Gasteiger partial charge in [-0.25, -0.2) is 9.97 Å². The lowest BCUT2D eigenvalue weighted by molar-refractivity contribution is 0.102. The van der Waals surface area contributed by atoms with Gasteiger partial charge >= 0.3 is 0 Å². The molecule has 1 N–H and O–H groups in total. The third-order valence-electron chi connectivity index (χ3n) is 3.24. The fraction of sp³-hybridized carbons (Fsp3) is 0.0625. The van der Waals surface area contributed by atoms with Gasteiger partial charge in [-0.05, 0) is 24.3 Å². The van der Waals surface area contributed by atoms with E-state index in [0.29, 0.717) is 5.13 Å². The van der Waals surface area contributed by atoms with Crippen LogP contribution < -0.4 is 10.1 Å². The summed E-state index contributed by atoms with van der Waals surface area (Å²) in [5.41, 5.74) is 1.62. The van der Waals surface area contributed by atoms with Crippen LogP contribution in [0.5, 0.6) is 5.75 Å². The molecule has 2 heterocycles. The Labute approximate surface area is 162 Å². The van der Waals surface area contributed by atoms with Gasteiger partial charge < -0.3 is 4.74 Å². The summed E-state index contributed by atoms with van der Waals surface area (Å²) in [6, 6.07) is 7.45. The number of thiazole rings is 1. The molecule has 3 aromatic rings. The van der Waals surface area contributed by atoms with Gasteiger partial charge in [0, 0.05) is 17.1 Å². The van der Waals surface area contributed by atoms with Crippen molar-refractivity contribution in [2.75, 3.05) is 12.4 Å². The van der Waals surface area contributed by atoms with Gasteiger partial charge in [0.05, 0.1) is 27.9 Å². The number of hydrogen-bond acceptors (Lipinski definition) is 5. The lowest BCUT2D eigenvalue weighted by Crippen LogP contribution is -2.14. The van der Waals surface area contributed by atoms with Crippen molar-refractivity contribution in [3.05, 3.63) is 56.6 Å². The molecule has 0 unspecified atom stereocenters. The minimum absolute atomic E-state index is 0.00130. The number of rotatable bonds is 4. The first kappa shape index (κ1) is 17.9. The number of pyridine rings is 1. The van der Waals surface area contributed by atoms with E-state index < -0.39 is 5.91 Å². The molecule has 3 rings (SSSR count). The number of amides is 1. The minimum atomic E-state index is -0.515. The van der Waals surface area contributed by atoms with E-state index in [2.05, 4.69) is 15.3 Å². The second-order valence-electron chi connectivity index (χ2n) is 4.80. The topological polar surface area (TPSA) is 64.1 Å². The van der Waals surface area contributed by atoms with Crippen LogP contribution in [0.4, 0.5) is 5.13 Å². The monoisotopic (exact) mass is 413 g/mol. The highest BCUT2D eigenvalue weighted by molar-refractivity contribution is 7.14. The summed E-state index contributed by atoms with van der Waals surface area (Å²) in [6.07, 6.45) is 1.27. The number of benzene rings is 1. The SMILES string of the molecule is COc1ccc(-c2csc(NC(=O)c3ncc(Cl)c(Cl)c3Cl)n2)cc1. The number of carbonyl (C=O) groups excluding carboxylic acids is 1. The number of ether oxygens (including phenoxy) is 1. The maximum absolute atomic E-state index is 12.3. The predicted octanol–water partition coefficient (Wildman–Crippen LogP) is 5.43. The van der Waals surface area contributed by atoms with E-state index in [-0.39, 0.29) is 20.8 Å². The second-order valence-corrected chi connectivity index (χ2v) is 6.82. The predicted molar refractivity (Wildman–Crippen MR) is 101 cm³/mol. The Morgan fingerprint density at radius 1 is 1.16 bits per heavy atom. The number of methoxy groups -OCH3 is 1. The number of aromatic nitrogens is 2. The quantitative estimate of drug-likeness (QED) is 0.618. The molecular weight excluding hydrogens is 405 g/mol. The Hall–Kier alpha value is -1.86. The fourth-order valence-electron chi connectivity index (χ4n) is 1.98. The van der Waals surface area contributed by atoms with Crippen molar-refractivity contribution in [2.45, 2.75) is 0 Å². The van der Waals surface area contributed by atoms with Gasteiger partial charge in [-0.3, -0.25) is 10.1 Å². The highest BCUT2D eigenvalue weighted by Gasteiger charge is 2.18. The first-order chi connectivity index (χ1) is 12.0. The van der Waals surface area contributed by atoms with Crippen LogP contribution >= 0.6 is 46.1 Å². The highest BCUT2D eigenvalue weighted by atomic mass is 35.5. The largest absolute Gasteiger partial charge is 0.497 e. The molecule has 25 heavy (non-hydrogen) atoms. The minimum Gasteiger partial charge on any atom is -0.497 e. The van der Waals surface area contributed by atoms with Crippen LogP contribution in [0.2, 0.25) is 15.1 Å². The van der Waals surface area contributed by atoms with Crippen molar-refractivity contribution in [3.63, 3.8) is 0 Å². The van der Waals surface area contributed by atoms with Gasteiger partial charge in [0.1, 0.15) is 11.4 Å². The molecule has 0 aliphatic carbocycles. The average molecular weight is 415 g/mol. The Balaban J connectivity index is 1.79. The van der Waals surface area contributed by atoms with Crippen LogP contribution in [0.3, 0.4) is 0 Å². The molecule has 0 fully saturated rings. The smallest absolute Gasteiger partial charge is 0.277 e. The molecule has 0 atom stereocenters. The Morgan fingerprint density at radius 2 is 1.88 bits per heavy atom. The number of hydrogen-bond donors (Lipinski definition) is 1. The van der Waals surface area contributed by atoms with Crippen LogP contribution in [0.1, 0.15) is 10.5 Å². The van der Waals surface area contributed by atoms with Crippen molar-refractivity contribution in [3.8, 4) is 17.0 Å². The zero-order chi connectivity index (χ0) is 18.0. The van der Waals surface area contributed by atoms with Crippen molar-refractivity contribution in [1.29, 1.82) is 0 Å². The molecule has 9 heteroatoms. The van der Waals surface area contributed by atoms with Crippen LogP contribution in [-0.4, -0.2) is 23.0 Å². The summed E-state index contributed by atoms with van der Waals surface area (Å²) in [7, 11) is 1.60. The number of halogens is 3. The summed E-state index contributed by atoms with van der Waals surface area (Å²) in [6.45, 7) is 0. The molecule has 0 spiro atoms. The lowest BCUT2D eigenvalue weighted by Gasteiger charge is -2.05. The van der Waals surface area contributed by atoms with Gasteiger partial charge in [0.15, 0.2) is 5.13 Å². The van der Waals surface area contributed by atoms with Crippen molar-refractivity contribution >= 4 is 57.2 Å². The molecule has 5 nitrogen and oxygen atoms in total. The van der Waals surface area contributed by atoms with Crippen LogP contribution in [0.25, 0.3) is 11.3 Å². The van der Waals surface area contributed by atoms with Crippen molar-refractivity contribution < 1.29 is 9.53 Å².